The molecule has 0 heterocycles. The number of methoxy groups -OCH3 is 1. The molecule has 2 N–H and O–H groups in total. The van der Waals surface area contributed by atoms with E-state index in [0.717, 1.165) is 11.3 Å². The SMILES string of the molecule is COc1cc(C)c(C(O)C(=O)O)cc1C(C)C. The maximum absolute atomic E-state index is 10.8. The summed E-state index contributed by atoms with van der Waals surface area (Å²) in [6, 6.07) is 3.47. The topological polar surface area (TPSA) is 66.8 Å². The van der Waals surface area contributed by atoms with Crippen molar-refractivity contribution in [3.63, 3.8) is 0 Å². The lowest BCUT2D eigenvalue weighted by Crippen LogP contribution is -2.13. The van der Waals surface area contributed by atoms with E-state index in [1.807, 2.05) is 13.8 Å². The number of aryl methyl sites for hydroxylation is 1. The summed E-state index contributed by atoms with van der Waals surface area (Å²) in [5.74, 6) is -0.322. The van der Waals surface area contributed by atoms with Gasteiger partial charge < -0.3 is 14.9 Å². The maximum atomic E-state index is 10.8. The second kappa shape index (κ2) is 5.19. The van der Waals surface area contributed by atoms with Crippen LogP contribution >= 0.6 is 0 Å². The Kier molecular flexibility index (Phi) is 4.12. The number of ether oxygens (including phenoxy) is 1. The van der Waals surface area contributed by atoms with E-state index in [1.165, 1.54) is 0 Å². The molecule has 4 nitrogen and oxygen atoms in total. The van der Waals surface area contributed by atoms with Crippen LogP contribution in [0, 0.1) is 6.92 Å². The second-order valence-electron chi connectivity index (χ2n) is 4.35. The number of carboxylic acids is 1. The first-order valence-corrected chi connectivity index (χ1v) is 5.47. The van der Waals surface area contributed by atoms with Gasteiger partial charge in [0, 0.05) is 0 Å². The smallest absolute Gasteiger partial charge is 0.337 e. The molecule has 0 aliphatic heterocycles. The molecule has 0 aliphatic carbocycles. The van der Waals surface area contributed by atoms with Crippen LogP contribution in [0.15, 0.2) is 12.1 Å². The van der Waals surface area contributed by atoms with Crippen molar-refractivity contribution in [3.8, 4) is 5.75 Å². The Bertz CT molecular complexity index is 424. The summed E-state index contributed by atoms with van der Waals surface area (Å²) < 4.78 is 5.25. The number of hydrogen-bond donors (Lipinski definition) is 2. The highest BCUT2D eigenvalue weighted by molar-refractivity contribution is 5.75. The Morgan fingerprint density at radius 2 is 1.88 bits per heavy atom. The van der Waals surface area contributed by atoms with E-state index in [0.29, 0.717) is 11.1 Å². The molecule has 0 saturated carbocycles. The monoisotopic (exact) mass is 238 g/mol. The van der Waals surface area contributed by atoms with E-state index < -0.39 is 12.1 Å². The van der Waals surface area contributed by atoms with Crippen molar-refractivity contribution >= 4 is 5.97 Å². The standard InChI is InChI=1S/C13H18O4/c1-7(2)9-6-10(12(14)13(15)16)8(3)5-11(9)17-4/h5-7,12,14H,1-4H3,(H,15,16). The number of hydrogen-bond acceptors (Lipinski definition) is 3. The van der Waals surface area contributed by atoms with Gasteiger partial charge in [-0.1, -0.05) is 13.8 Å². The van der Waals surface area contributed by atoms with Crippen LogP contribution < -0.4 is 4.74 Å². The molecule has 17 heavy (non-hydrogen) atoms. The van der Waals surface area contributed by atoms with E-state index in [4.69, 9.17) is 9.84 Å². The van der Waals surface area contributed by atoms with Crippen LogP contribution in [-0.2, 0) is 4.79 Å². The lowest BCUT2D eigenvalue weighted by Gasteiger charge is -2.17. The highest BCUT2D eigenvalue weighted by atomic mass is 16.5. The van der Waals surface area contributed by atoms with Crippen LogP contribution in [0.3, 0.4) is 0 Å². The molecule has 0 aromatic heterocycles. The largest absolute Gasteiger partial charge is 0.496 e. The van der Waals surface area contributed by atoms with Gasteiger partial charge in [-0.3, -0.25) is 0 Å². The van der Waals surface area contributed by atoms with Crippen molar-refractivity contribution in [1.29, 1.82) is 0 Å². The van der Waals surface area contributed by atoms with Gasteiger partial charge in [0.2, 0.25) is 0 Å². The summed E-state index contributed by atoms with van der Waals surface area (Å²) in [5, 5.41) is 18.4. The van der Waals surface area contributed by atoms with Gasteiger partial charge in [0.05, 0.1) is 7.11 Å². The van der Waals surface area contributed by atoms with Gasteiger partial charge in [0.1, 0.15) is 5.75 Å². The van der Waals surface area contributed by atoms with Crippen LogP contribution in [0.4, 0.5) is 0 Å². The van der Waals surface area contributed by atoms with Gasteiger partial charge in [-0.2, -0.15) is 0 Å². The molecule has 1 rings (SSSR count). The fraction of sp³-hybridized carbons (Fsp3) is 0.462. The Labute approximate surface area is 101 Å². The minimum Gasteiger partial charge on any atom is -0.496 e. The van der Waals surface area contributed by atoms with E-state index in [2.05, 4.69) is 0 Å². The van der Waals surface area contributed by atoms with Crippen molar-refractivity contribution in [3.05, 3.63) is 28.8 Å². The van der Waals surface area contributed by atoms with Crippen LogP contribution in [-0.4, -0.2) is 23.3 Å². The van der Waals surface area contributed by atoms with Crippen LogP contribution in [0.25, 0.3) is 0 Å². The molecular formula is C13H18O4. The maximum Gasteiger partial charge on any atom is 0.337 e. The molecule has 0 fully saturated rings. The average Bonchev–Trinajstić information content (AvgIpc) is 2.27. The Morgan fingerprint density at radius 1 is 1.29 bits per heavy atom. The molecule has 4 heteroatoms. The fourth-order valence-electron chi connectivity index (χ4n) is 1.77. The summed E-state index contributed by atoms with van der Waals surface area (Å²) in [6.45, 7) is 5.74. The quantitative estimate of drug-likeness (QED) is 0.844. The first-order chi connectivity index (χ1) is 7.88. The van der Waals surface area contributed by atoms with Crippen molar-refractivity contribution in [1.82, 2.24) is 0 Å². The van der Waals surface area contributed by atoms with Gasteiger partial charge in [-0.15, -0.1) is 0 Å². The predicted octanol–water partition coefficient (Wildman–Crippen LogP) is 2.25. The van der Waals surface area contributed by atoms with E-state index >= 15 is 0 Å². The normalized spacial score (nSPS) is 12.6. The number of aliphatic carboxylic acids is 1. The van der Waals surface area contributed by atoms with Gasteiger partial charge in [-0.05, 0) is 41.7 Å². The molecule has 0 saturated heterocycles. The van der Waals surface area contributed by atoms with Crippen LogP contribution in [0.5, 0.6) is 5.75 Å². The van der Waals surface area contributed by atoms with Gasteiger partial charge in [-0.25, -0.2) is 4.79 Å². The predicted molar refractivity (Wildman–Crippen MR) is 64.4 cm³/mol. The van der Waals surface area contributed by atoms with Gasteiger partial charge >= 0.3 is 5.97 Å². The molecule has 94 valence electrons. The van der Waals surface area contributed by atoms with Crippen LogP contribution in [0.1, 0.15) is 42.6 Å². The van der Waals surface area contributed by atoms with Gasteiger partial charge in [0.15, 0.2) is 6.10 Å². The lowest BCUT2D eigenvalue weighted by molar-refractivity contribution is -0.147. The molecular weight excluding hydrogens is 220 g/mol. The van der Waals surface area contributed by atoms with Crippen molar-refractivity contribution in [2.45, 2.75) is 32.8 Å². The van der Waals surface area contributed by atoms with Crippen molar-refractivity contribution in [2.24, 2.45) is 0 Å². The molecule has 0 amide bonds. The number of aliphatic hydroxyl groups excluding tert-OH is 1. The molecule has 0 aliphatic rings. The second-order valence-corrected chi connectivity index (χ2v) is 4.35. The molecule has 0 radical (unpaired) electrons. The summed E-state index contributed by atoms with van der Waals surface area (Å²) in [5.41, 5.74) is 2.02. The summed E-state index contributed by atoms with van der Waals surface area (Å²) in [6.07, 6.45) is -1.49. The first-order valence-electron chi connectivity index (χ1n) is 5.47. The number of benzene rings is 1. The molecule has 1 aromatic rings. The molecule has 0 spiro atoms. The Morgan fingerprint density at radius 3 is 2.29 bits per heavy atom. The first kappa shape index (κ1) is 13.5. The minimum absolute atomic E-state index is 0.199. The number of carboxylic acid groups (broad SMARTS) is 1. The zero-order chi connectivity index (χ0) is 13.2. The highest BCUT2D eigenvalue weighted by Crippen LogP contribution is 2.32. The third-order valence-electron chi connectivity index (χ3n) is 2.77. The van der Waals surface area contributed by atoms with E-state index in [-0.39, 0.29) is 5.92 Å². The van der Waals surface area contributed by atoms with Crippen molar-refractivity contribution < 1.29 is 19.7 Å². The zero-order valence-corrected chi connectivity index (χ0v) is 10.5. The summed E-state index contributed by atoms with van der Waals surface area (Å²) in [4.78, 5) is 10.8. The lowest BCUT2D eigenvalue weighted by atomic mass is 9.94. The number of carbonyl (C=O) groups is 1. The summed E-state index contributed by atoms with van der Waals surface area (Å²) in [7, 11) is 1.58. The number of aliphatic hydroxyl groups is 1. The molecule has 0 bridgehead atoms. The zero-order valence-electron chi connectivity index (χ0n) is 10.5. The third kappa shape index (κ3) is 2.77. The highest BCUT2D eigenvalue weighted by Gasteiger charge is 2.21. The fourth-order valence-corrected chi connectivity index (χ4v) is 1.77. The van der Waals surface area contributed by atoms with E-state index in [9.17, 15) is 9.90 Å². The van der Waals surface area contributed by atoms with Crippen molar-refractivity contribution in [2.75, 3.05) is 7.11 Å². The van der Waals surface area contributed by atoms with Crippen LogP contribution in [0.2, 0.25) is 0 Å². The third-order valence-corrected chi connectivity index (χ3v) is 2.77. The molecule has 1 aromatic carbocycles. The van der Waals surface area contributed by atoms with E-state index in [1.54, 1.807) is 26.2 Å². The Hall–Kier alpha value is -1.55. The average molecular weight is 238 g/mol. The van der Waals surface area contributed by atoms with Gasteiger partial charge in [0.25, 0.3) is 0 Å². The summed E-state index contributed by atoms with van der Waals surface area (Å²) >= 11 is 0. The minimum atomic E-state index is -1.49. The molecule has 1 unspecified atom stereocenters. The number of rotatable bonds is 4. The molecule has 1 atom stereocenters. The Balaban J connectivity index is 3.34.